The first kappa shape index (κ1) is 14.6. The summed E-state index contributed by atoms with van der Waals surface area (Å²) in [5.41, 5.74) is 3.49. The molecule has 0 bridgehead atoms. The lowest BCUT2D eigenvalue weighted by Crippen LogP contribution is -2.46. The van der Waals surface area contributed by atoms with Crippen molar-refractivity contribution in [2.45, 2.75) is 6.54 Å². The van der Waals surface area contributed by atoms with Crippen molar-refractivity contribution >= 4 is 11.5 Å². The minimum absolute atomic E-state index is 0.130. The van der Waals surface area contributed by atoms with Crippen LogP contribution in [0.4, 0.5) is 11.5 Å². The predicted octanol–water partition coefficient (Wildman–Crippen LogP) is 1.00. The summed E-state index contributed by atoms with van der Waals surface area (Å²) in [6.45, 7) is 4.26. The van der Waals surface area contributed by atoms with Crippen LogP contribution in [-0.4, -0.2) is 41.0 Å². The van der Waals surface area contributed by atoms with Crippen LogP contribution in [0, 0.1) is 5.21 Å². The highest BCUT2D eigenvalue weighted by Crippen LogP contribution is 2.15. The molecule has 1 saturated heterocycles. The first-order valence-electron chi connectivity index (χ1n) is 7.24. The van der Waals surface area contributed by atoms with Gasteiger partial charge in [-0.1, -0.05) is 12.1 Å². The van der Waals surface area contributed by atoms with Crippen LogP contribution in [0.5, 0.6) is 0 Å². The second-order valence-electron chi connectivity index (χ2n) is 5.33. The van der Waals surface area contributed by atoms with Crippen LogP contribution in [0.1, 0.15) is 5.56 Å². The molecule has 1 aromatic carbocycles. The number of hydrogen-bond donors (Lipinski definition) is 2. The fraction of sp³-hybridized carbons (Fsp3) is 0.333. The number of hydrogen-bond acceptors (Lipinski definition) is 6. The van der Waals surface area contributed by atoms with Crippen molar-refractivity contribution in [3.63, 3.8) is 0 Å². The van der Waals surface area contributed by atoms with Crippen molar-refractivity contribution in [3.05, 3.63) is 57.8 Å². The Morgan fingerprint density at radius 2 is 2.05 bits per heavy atom. The van der Waals surface area contributed by atoms with Crippen molar-refractivity contribution in [2.24, 2.45) is 0 Å². The monoisotopic (exact) mass is 300 g/mol. The van der Waals surface area contributed by atoms with Crippen LogP contribution in [0.3, 0.4) is 0 Å². The lowest BCUT2D eigenvalue weighted by molar-refractivity contribution is 0.249. The fourth-order valence-electron chi connectivity index (χ4n) is 2.66. The van der Waals surface area contributed by atoms with Crippen LogP contribution < -0.4 is 15.9 Å². The van der Waals surface area contributed by atoms with Gasteiger partial charge in [0.1, 0.15) is 5.82 Å². The molecular formula is C15H18N5O2-. The zero-order valence-corrected chi connectivity index (χ0v) is 12.2. The maximum atomic E-state index is 11.3. The molecule has 0 radical (unpaired) electrons. The summed E-state index contributed by atoms with van der Waals surface area (Å²) < 4.78 is 0. The molecule has 0 amide bonds. The third-order valence-corrected chi connectivity index (χ3v) is 3.81. The minimum atomic E-state index is -0.130. The third-order valence-electron chi connectivity index (χ3n) is 3.81. The molecule has 2 N–H and O–H groups in total. The van der Waals surface area contributed by atoms with E-state index in [0.29, 0.717) is 5.69 Å². The number of rotatable bonds is 4. The van der Waals surface area contributed by atoms with Crippen molar-refractivity contribution in [2.75, 3.05) is 36.6 Å². The van der Waals surface area contributed by atoms with Gasteiger partial charge in [-0.3, -0.25) is 9.69 Å². The quantitative estimate of drug-likeness (QED) is 0.819. The summed E-state index contributed by atoms with van der Waals surface area (Å²) in [5.74, 6) is 0.723. The second kappa shape index (κ2) is 6.59. The molecule has 2 heterocycles. The fourth-order valence-corrected chi connectivity index (χ4v) is 2.66. The van der Waals surface area contributed by atoms with Crippen LogP contribution in [0.15, 0.2) is 41.5 Å². The molecule has 2 aromatic rings. The SMILES string of the molecule is O=c1cc(N2CCN(Cc3cccc(N[O-])c3)CC2)nc[nH]1. The number of aromatic nitrogens is 2. The number of piperazine rings is 1. The lowest BCUT2D eigenvalue weighted by atomic mass is 10.1. The molecule has 1 aromatic heterocycles. The molecule has 0 aliphatic carbocycles. The Hall–Kier alpha value is -2.38. The number of nitrogens with zero attached hydrogens (tertiary/aromatic N) is 3. The van der Waals surface area contributed by atoms with Gasteiger partial charge in [0.05, 0.1) is 6.33 Å². The van der Waals surface area contributed by atoms with E-state index in [1.165, 1.54) is 12.4 Å². The Labute approximate surface area is 128 Å². The standard InChI is InChI=1S/C15H18N5O2/c21-15-9-14(16-11-17-15)20-6-4-19(5-7-20)10-12-2-1-3-13(8-12)18-22/h1-3,8-9,11,18H,4-7,10H2,(H,16,17,21)/q-1. The normalized spacial score (nSPS) is 15.8. The summed E-state index contributed by atoms with van der Waals surface area (Å²) >= 11 is 0. The first-order valence-corrected chi connectivity index (χ1v) is 7.24. The smallest absolute Gasteiger partial charge is 0.252 e. The first-order chi connectivity index (χ1) is 10.7. The van der Waals surface area contributed by atoms with E-state index < -0.39 is 0 Å². The molecule has 22 heavy (non-hydrogen) atoms. The Morgan fingerprint density at radius 1 is 1.23 bits per heavy atom. The lowest BCUT2D eigenvalue weighted by Gasteiger charge is -2.35. The highest BCUT2D eigenvalue weighted by molar-refractivity contribution is 5.46. The van der Waals surface area contributed by atoms with E-state index in [4.69, 9.17) is 0 Å². The molecule has 1 aliphatic rings. The Kier molecular flexibility index (Phi) is 4.36. The predicted molar refractivity (Wildman–Crippen MR) is 85.8 cm³/mol. The summed E-state index contributed by atoms with van der Waals surface area (Å²) in [6, 6.07) is 9.06. The zero-order valence-electron chi connectivity index (χ0n) is 12.2. The van der Waals surface area contributed by atoms with Gasteiger partial charge in [-0.15, -0.1) is 0 Å². The van der Waals surface area contributed by atoms with Crippen LogP contribution >= 0.6 is 0 Å². The molecule has 0 unspecified atom stereocenters. The highest BCUT2D eigenvalue weighted by atomic mass is 16.5. The summed E-state index contributed by atoms with van der Waals surface area (Å²) in [5, 5.41) is 10.7. The largest absolute Gasteiger partial charge is 0.761 e. The molecule has 1 aliphatic heterocycles. The Balaban J connectivity index is 1.58. The summed E-state index contributed by atoms with van der Waals surface area (Å²) in [7, 11) is 0. The molecule has 0 atom stereocenters. The molecule has 116 valence electrons. The molecule has 0 saturated carbocycles. The van der Waals surface area contributed by atoms with E-state index in [-0.39, 0.29) is 5.56 Å². The topological polar surface area (TPSA) is 87.3 Å². The number of H-pyrrole nitrogens is 1. The number of anilines is 2. The van der Waals surface area contributed by atoms with Crippen molar-refractivity contribution in [1.82, 2.24) is 14.9 Å². The van der Waals surface area contributed by atoms with Gasteiger partial charge in [-0.25, -0.2) is 4.98 Å². The van der Waals surface area contributed by atoms with E-state index in [2.05, 4.69) is 19.8 Å². The van der Waals surface area contributed by atoms with Gasteiger partial charge in [0.25, 0.3) is 5.56 Å². The van der Waals surface area contributed by atoms with Crippen molar-refractivity contribution in [1.29, 1.82) is 0 Å². The summed E-state index contributed by atoms with van der Waals surface area (Å²) in [4.78, 5) is 22.5. The Morgan fingerprint density at radius 3 is 2.77 bits per heavy atom. The van der Waals surface area contributed by atoms with Crippen molar-refractivity contribution < 1.29 is 0 Å². The summed E-state index contributed by atoms with van der Waals surface area (Å²) in [6.07, 6.45) is 1.44. The van der Waals surface area contributed by atoms with E-state index in [9.17, 15) is 10.0 Å². The number of nitrogens with one attached hydrogen (secondary N) is 2. The van der Waals surface area contributed by atoms with Crippen LogP contribution in [0.2, 0.25) is 0 Å². The van der Waals surface area contributed by atoms with E-state index in [1.54, 1.807) is 6.07 Å². The second-order valence-corrected chi connectivity index (χ2v) is 5.33. The zero-order chi connectivity index (χ0) is 15.4. The van der Waals surface area contributed by atoms with Gasteiger partial charge >= 0.3 is 0 Å². The van der Waals surface area contributed by atoms with E-state index in [0.717, 1.165) is 44.1 Å². The van der Waals surface area contributed by atoms with Crippen LogP contribution in [-0.2, 0) is 6.54 Å². The maximum Gasteiger partial charge on any atom is 0.252 e. The van der Waals surface area contributed by atoms with Crippen LogP contribution in [0.25, 0.3) is 0 Å². The van der Waals surface area contributed by atoms with Gasteiger partial charge in [-0.2, -0.15) is 0 Å². The van der Waals surface area contributed by atoms with Gasteiger partial charge < -0.3 is 20.6 Å². The third kappa shape index (κ3) is 3.44. The van der Waals surface area contributed by atoms with Crippen molar-refractivity contribution in [3.8, 4) is 0 Å². The highest BCUT2D eigenvalue weighted by Gasteiger charge is 2.18. The minimum Gasteiger partial charge on any atom is -0.761 e. The van der Waals surface area contributed by atoms with Gasteiger partial charge in [-0.05, 0) is 17.7 Å². The molecule has 7 nitrogen and oxygen atoms in total. The van der Waals surface area contributed by atoms with E-state index >= 15 is 0 Å². The Bertz CT molecular complexity index is 679. The van der Waals surface area contributed by atoms with Gasteiger partial charge in [0.2, 0.25) is 0 Å². The molecule has 0 spiro atoms. The van der Waals surface area contributed by atoms with Gasteiger partial charge in [0.15, 0.2) is 0 Å². The molecule has 3 rings (SSSR count). The number of benzene rings is 1. The average Bonchev–Trinajstić information content (AvgIpc) is 2.56. The molecular weight excluding hydrogens is 282 g/mol. The van der Waals surface area contributed by atoms with Gasteiger partial charge in [0, 0.05) is 44.5 Å². The molecule has 1 fully saturated rings. The average molecular weight is 300 g/mol. The van der Waals surface area contributed by atoms with E-state index in [1.807, 2.05) is 23.7 Å². The molecule has 7 heteroatoms. The maximum absolute atomic E-state index is 11.3. The number of aromatic amines is 1.